The van der Waals surface area contributed by atoms with Crippen molar-refractivity contribution in [2.24, 2.45) is 0 Å². The summed E-state index contributed by atoms with van der Waals surface area (Å²) in [6, 6.07) is 5.77. The normalized spacial score (nSPS) is 11.3. The summed E-state index contributed by atoms with van der Waals surface area (Å²) in [5, 5.41) is 0. The Kier molecular flexibility index (Phi) is 3.57. The summed E-state index contributed by atoms with van der Waals surface area (Å²) in [6.45, 7) is 5.78. The molecule has 0 spiro atoms. The van der Waals surface area contributed by atoms with Gasteiger partial charge in [-0.1, -0.05) is 17.7 Å². The average Bonchev–Trinajstić information content (AvgIpc) is 2.16. The Morgan fingerprint density at radius 2 is 1.86 bits per heavy atom. The highest BCUT2D eigenvalue weighted by molar-refractivity contribution is 5.58. The molecule has 1 aromatic carbocycles. The standard InChI is InChI=1S/C12H15O2/c1-9(2)7-10-5-6-11(13-3)12(8-10)14-4/h5-8H,1H2,2-4H3. The van der Waals surface area contributed by atoms with Crippen LogP contribution in [0, 0.1) is 6.92 Å². The van der Waals surface area contributed by atoms with Crippen molar-refractivity contribution in [3.63, 3.8) is 0 Å². The molecular weight excluding hydrogens is 176 g/mol. The fraction of sp³-hybridized carbons (Fsp3) is 0.250. The number of hydrogen-bond donors (Lipinski definition) is 0. The van der Waals surface area contributed by atoms with E-state index in [0.29, 0.717) is 0 Å². The maximum absolute atomic E-state index is 5.18. The van der Waals surface area contributed by atoms with E-state index in [1.807, 2.05) is 31.2 Å². The lowest BCUT2D eigenvalue weighted by molar-refractivity contribution is 0.355. The molecule has 0 unspecified atom stereocenters. The minimum absolute atomic E-state index is 0.738. The average molecular weight is 191 g/mol. The number of methoxy groups -OCH3 is 2. The molecule has 0 bridgehead atoms. The summed E-state index contributed by atoms with van der Waals surface area (Å²) in [5.74, 6) is 1.48. The highest BCUT2D eigenvalue weighted by atomic mass is 16.5. The van der Waals surface area contributed by atoms with Gasteiger partial charge in [0.15, 0.2) is 11.5 Å². The smallest absolute Gasteiger partial charge is 0.161 e. The maximum Gasteiger partial charge on any atom is 0.161 e. The second kappa shape index (κ2) is 4.70. The van der Waals surface area contributed by atoms with E-state index >= 15 is 0 Å². The van der Waals surface area contributed by atoms with Crippen LogP contribution in [0.1, 0.15) is 12.5 Å². The van der Waals surface area contributed by atoms with Crippen LogP contribution in [0.3, 0.4) is 0 Å². The molecule has 1 rings (SSSR count). The van der Waals surface area contributed by atoms with Gasteiger partial charge in [-0.15, -0.1) is 0 Å². The maximum atomic E-state index is 5.18. The van der Waals surface area contributed by atoms with Gasteiger partial charge in [-0.2, -0.15) is 0 Å². The van der Waals surface area contributed by atoms with E-state index in [-0.39, 0.29) is 0 Å². The van der Waals surface area contributed by atoms with Gasteiger partial charge in [-0.05, 0) is 31.5 Å². The Balaban J connectivity index is 3.07. The predicted molar refractivity (Wildman–Crippen MR) is 58.6 cm³/mol. The minimum Gasteiger partial charge on any atom is -0.493 e. The van der Waals surface area contributed by atoms with Crippen molar-refractivity contribution >= 4 is 6.08 Å². The summed E-state index contributed by atoms with van der Waals surface area (Å²) in [7, 11) is 3.25. The molecule has 0 aromatic heterocycles. The summed E-state index contributed by atoms with van der Waals surface area (Å²) >= 11 is 0. The Morgan fingerprint density at radius 3 is 2.36 bits per heavy atom. The second-order valence-corrected chi connectivity index (χ2v) is 3.11. The van der Waals surface area contributed by atoms with E-state index in [9.17, 15) is 0 Å². The van der Waals surface area contributed by atoms with Gasteiger partial charge >= 0.3 is 0 Å². The number of allylic oxidation sites excluding steroid dienone is 1. The first-order valence-electron chi connectivity index (χ1n) is 4.39. The van der Waals surface area contributed by atoms with E-state index in [4.69, 9.17) is 9.47 Å². The minimum atomic E-state index is 0.738. The zero-order chi connectivity index (χ0) is 10.6. The van der Waals surface area contributed by atoms with Crippen LogP contribution in [0.4, 0.5) is 0 Å². The van der Waals surface area contributed by atoms with Crippen LogP contribution in [-0.2, 0) is 0 Å². The monoisotopic (exact) mass is 191 g/mol. The van der Waals surface area contributed by atoms with Crippen LogP contribution in [0.25, 0.3) is 6.08 Å². The molecule has 0 amide bonds. The molecule has 0 saturated carbocycles. The third kappa shape index (κ3) is 2.52. The van der Waals surface area contributed by atoms with E-state index in [2.05, 4.69) is 6.92 Å². The van der Waals surface area contributed by atoms with E-state index in [1.54, 1.807) is 14.2 Å². The van der Waals surface area contributed by atoms with Crippen molar-refractivity contribution in [1.29, 1.82) is 0 Å². The van der Waals surface area contributed by atoms with E-state index in [0.717, 1.165) is 22.6 Å². The highest BCUT2D eigenvalue weighted by Gasteiger charge is 2.02. The molecule has 0 fully saturated rings. The lowest BCUT2D eigenvalue weighted by Gasteiger charge is -2.07. The third-order valence-electron chi connectivity index (χ3n) is 1.82. The summed E-state index contributed by atoms with van der Waals surface area (Å²) in [4.78, 5) is 0. The first-order chi connectivity index (χ1) is 6.67. The Morgan fingerprint density at radius 1 is 1.21 bits per heavy atom. The van der Waals surface area contributed by atoms with Gasteiger partial charge in [0.25, 0.3) is 0 Å². The molecule has 1 radical (unpaired) electrons. The number of hydrogen-bond acceptors (Lipinski definition) is 2. The van der Waals surface area contributed by atoms with Gasteiger partial charge in [0.05, 0.1) is 14.2 Å². The molecule has 0 aliphatic carbocycles. The molecule has 0 N–H and O–H groups in total. The zero-order valence-corrected chi connectivity index (χ0v) is 8.83. The van der Waals surface area contributed by atoms with Crippen LogP contribution >= 0.6 is 0 Å². The molecule has 0 aliphatic rings. The van der Waals surface area contributed by atoms with Gasteiger partial charge < -0.3 is 9.47 Å². The molecule has 2 nitrogen and oxygen atoms in total. The van der Waals surface area contributed by atoms with Crippen molar-refractivity contribution in [2.75, 3.05) is 14.2 Å². The Hall–Kier alpha value is -1.44. The predicted octanol–water partition coefficient (Wildman–Crippen LogP) is 2.94. The Labute approximate surface area is 85.2 Å². The topological polar surface area (TPSA) is 18.5 Å². The first kappa shape index (κ1) is 10.6. The molecule has 0 aliphatic heterocycles. The van der Waals surface area contributed by atoms with E-state index in [1.165, 1.54) is 0 Å². The fourth-order valence-electron chi connectivity index (χ4n) is 1.23. The Bertz CT molecular complexity index is 336. The lowest BCUT2D eigenvalue weighted by atomic mass is 10.1. The zero-order valence-electron chi connectivity index (χ0n) is 8.83. The van der Waals surface area contributed by atoms with Gasteiger partial charge in [-0.25, -0.2) is 0 Å². The van der Waals surface area contributed by atoms with Crippen LogP contribution in [0.5, 0.6) is 11.5 Å². The summed E-state index contributed by atoms with van der Waals surface area (Å²) in [6.07, 6.45) is 1.99. The molecule has 0 saturated heterocycles. The van der Waals surface area contributed by atoms with Crippen molar-refractivity contribution < 1.29 is 9.47 Å². The van der Waals surface area contributed by atoms with Crippen molar-refractivity contribution in [3.8, 4) is 11.5 Å². The van der Waals surface area contributed by atoms with Crippen molar-refractivity contribution in [3.05, 3.63) is 36.3 Å². The molecule has 75 valence electrons. The second-order valence-electron chi connectivity index (χ2n) is 3.11. The lowest BCUT2D eigenvalue weighted by Crippen LogP contribution is -1.90. The number of benzene rings is 1. The number of ether oxygens (including phenoxy) is 2. The fourth-order valence-corrected chi connectivity index (χ4v) is 1.23. The molecule has 0 heterocycles. The molecule has 2 heteroatoms. The summed E-state index contributed by atoms with van der Waals surface area (Å²) < 4.78 is 10.3. The molecule has 1 aromatic rings. The quantitative estimate of drug-likeness (QED) is 0.731. The van der Waals surface area contributed by atoms with Crippen LogP contribution in [0.2, 0.25) is 0 Å². The third-order valence-corrected chi connectivity index (χ3v) is 1.82. The molecule has 14 heavy (non-hydrogen) atoms. The SMILES string of the molecule is [CH2]C(C)=Cc1ccc(OC)c(OC)c1. The van der Waals surface area contributed by atoms with Crippen molar-refractivity contribution in [1.82, 2.24) is 0 Å². The van der Waals surface area contributed by atoms with E-state index < -0.39 is 0 Å². The van der Waals surface area contributed by atoms with Gasteiger partial charge in [0.1, 0.15) is 0 Å². The first-order valence-corrected chi connectivity index (χ1v) is 4.39. The summed E-state index contributed by atoms with van der Waals surface area (Å²) in [5.41, 5.74) is 2.08. The van der Waals surface area contributed by atoms with Crippen LogP contribution in [-0.4, -0.2) is 14.2 Å². The van der Waals surface area contributed by atoms with Crippen LogP contribution in [0.15, 0.2) is 23.8 Å². The highest BCUT2D eigenvalue weighted by Crippen LogP contribution is 2.28. The number of rotatable bonds is 3. The van der Waals surface area contributed by atoms with Gasteiger partial charge in [0.2, 0.25) is 0 Å². The largest absolute Gasteiger partial charge is 0.493 e. The van der Waals surface area contributed by atoms with Gasteiger partial charge in [-0.3, -0.25) is 0 Å². The molecule has 0 atom stereocenters. The van der Waals surface area contributed by atoms with Gasteiger partial charge in [0, 0.05) is 0 Å². The van der Waals surface area contributed by atoms with Crippen molar-refractivity contribution in [2.45, 2.75) is 6.92 Å². The van der Waals surface area contributed by atoms with Crippen LogP contribution < -0.4 is 9.47 Å². The molecular formula is C12H15O2.